The van der Waals surface area contributed by atoms with Crippen LogP contribution < -0.4 is 5.73 Å². The molecule has 0 fully saturated rings. The molecule has 0 aliphatic rings. The van der Waals surface area contributed by atoms with Gasteiger partial charge in [0.25, 0.3) is 0 Å². The van der Waals surface area contributed by atoms with Crippen LogP contribution in [0.3, 0.4) is 0 Å². The molecule has 0 atom stereocenters. The van der Waals surface area contributed by atoms with E-state index in [1.54, 1.807) is 61.1 Å². The normalized spacial score (nSPS) is 12.2. The minimum Gasteiger partial charge on any atom is -0.382 e. The van der Waals surface area contributed by atoms with Crippen molar-refractivity contribution in [2.45, 2.75) is 16.7 Å². The van der Waals surface area contributed by atoms with E-state index in [9.17, 15) is 8.42 Å². The maximum Gasteiger partial charge on any atom is 0.212 e. The number of nitrogens with two attached hydrogens (primary N) is 1. The third kappa shape index (κ3) is 3.28. The molecule has 0 unspecified atom stereocenters. The van der Waals surface area contributed by atoms with E-state index in [0.717, 1.165) is 11.1 Å². The van der Waals surface area contributed by atoms with Gasteiger partial charge in [-0.15, -0.1) is 0 Å². The zero-order valence-electron chi connectivity index (χ0n) is 17.0. The Bertz CT molecular complexity index is 1590. The summed E-state index contributed by atoms with van der Waals surface area (Å²) in [5.74, 6) is -0.0592. The molecular formula is C23H18N6O2S. The molecule has 0 bridgehead atoms. The first-order valence-electron chi connectivity index (χ1n) is 9.78. The summed E-state index contributed by atoms with van der Waals surface area (Å²) in [5.41, 5.74) is 9.65. The van der Waals surface area contributed by atoms with Gasteiger partial charge in [0.2, 0.25) is 9.84 Å². The minimum absolute atomic E-state index is 0.0592. The van der Waals surface area contributed by atoms with Gasteiger partial charge in [-0.1, -0.05) is 35.9 Å². The molecule has 0 aliphatic carbocycles. The highest BCUT2D eigenvalue weighted by Crippen LogP contribution is 2.35. The van der Waals surface area contributed by atoms with E-state index in [1.807, 2.05) is 25.1 Å². The van der Waals surface area contributed by atoms with Crippen LogP contribution in [0.4, 0.5) is 5.82 Å². The molecule has 0 saturated carbocycles. The van der Waals surface area contributed by atoms with E-state index in [2.05, 4.69) is 20.1 Å². The van der Waals surface area contributed by atoms with Crippen molar-refractivity contribution in [3.8, 4) is 0 Å². The van der Waals surface area contributed by atoms with Gasteiger partial charge in [-0.2, -0.15) is 9.78 Å². The molecule has 158 valence electrons. The van der Waals surface area contributed by atoms with Crippen molar-refractivity contribution >= 4 is 44.1 Å². The lowest BCUT2D eigenvalue weighted by atomic mass is 10.2. The number of fused-ring (bicyclic) bond motifs is 2. The number of sulfone groups is 1. The summed E-state index contributed by atoms with van der Waals surface area (Å²) in [6.07, 6.45) is 4.83. The standard InChI is InChI=1S/C23H18N6O2S/c1-15-8-10-17(11-9-15)32(30,31)21-20-23(28-19-7-3-2-6-18(19)27-20)29(22(21)24)26-14-16-5-4-12-25-13-16/h2-14H,24H2,1H3/b26-14+. The van der Waals surface area contributed by atoms with Crippen molar-refractivity contribution in [2.24, 2.45) is 5.10 Å². The van der Waals surface area contributed by atoms with Gasteiger partial charge in [-0.05, 0) is 37.3 Å². The topological polar surface area (TPSA) is 116 Å². The van der Waals surface area contributed by atoms with Crippen molar-refractivity contribution in [2.75, 3.05) is 5.73 Å². The summed E-state index contributed by atoms with van der Waals surface area (Å²) in [6, 6.07) is 17.4. The zero-order chi connectivity index (χ0) is 22.3. The van der Waals surface area contributed by atoms with Crippen LogP contribution in [0.2, 0.25) is 0 Å². The van der Waals surface area contributed by atoms with E-state index >= 15 is 0 Å². The van der Waals surface area contributed by atoms with Crippen molar-refractivity contribution in [1.82, 2.24) is 19.6 Å². The molecule has 8 nitrogen and oxygen atoms in total. The fourth-order valence-corrected chi connectivity index (χ4v) is 4.90. The number of aryl methyl sites for hydroxylation is 1. The van der Waals surface area contributed by atoms with Crippen LogP contribution in [0.1, 0.15) is 11.1 Å². The van der Waals surface area contributed by atoms with Crippen LogP contribution in [-0.4, -0.2) is 34.3 Å². The van der Waals surface area contributed by atoms with E-state index in [0.29, 0.717) is 11.0 Å². The van der Waals surface area contributed by atoms with Crippen LogP contribution in [0, 0.1) is 6.92 Å². The van der Waals surface area contributed by atoms with Crippen molar-refractivity contribution in [3.05, 3.63) is 84.2 Å². The minimum atomic E-state index is -3.98. The van der Waals surface area contributed by atoms with Crippen molar-refractivity contribution in [1.29, 1.82) is 0 Å². The molecule has 2 aromatic carbocycles. The van der Waals surface area contributed by atoms with Crippen LogP contribution in [0.15, 0.2) is 87.9 Å². The van der Waals surface area contributed by atoms with Gasteiger partial charge in [-0.3, -0.25) is 4.98 Å². The van der Waals surface area contributed by atoms with Gasteiger partial charge in [0.05, 0.1) is 22.1 Å². The second-order valence-corrected chi connectivity index (χ2v) is 9.14. The first-order valence-corrected chi connectivity index (χ1v) is 11.3. The molecule has 32 heavy (non-hydrogen) atoms. The maximum atomic E-state index is 13.6. The number of anilines is 1. The molecule has 2 N–H and O–H groups in total. The van der Waals surface area contributed by atoms with E-state index in [-0.39, 0.29) is 26.8 Å². The highest BCUT2D eigenvalue weighted by atomic mass is 32.2. The van der Waals surface area contributed by atoms with Gasteiger partial charge in [0.1, 0.15) is 16.2 Å². The molecule has 0 aliphatic heterocycles. The third-order valence-electron chi connectivity index (χ3n) is 5.04. The average Bonchev–Trinajstić information content (AvgIpc) is 3.07. The molecular weight excluding hydrogens is 424 g/mol. The number of rotatable bonds is 4. The summed E-state index contributed by atoms with van der Waals surface area (Å²) in [5, 5.41) is 4.41. The predicted octanol–water partition coefficient (Wildman–Crippen LogP) is 3.59. The Morgan fingerprint density at radius 3 is 2.38 bits per heavy atom. The largest absolute Gasteiger partial charge is 0.382 e. The molecule has 0 radical (unpaired) electrons. The van der Waals surface area contributed by atoms with E-state index in [1.165, 1.54) is 4.68 Å². The van der Waals surface area contributed by atoms with Crippen molar-refractivity contribution in [3.63, 3.8) is 0 Å². The predicted molar refractivity (Wildman–Crippen MR) is 123 cm³/mol. The Morgan fingerprint density at radius 1 is 0.969 bits per heavy atom. The van der Waals surface area contributed by atoms with Gasteiger partial charge in [-0.25, -0.2) is 18.4 Å². The number of pyridine rings is 1. The molecule has 5 rings (SSSR count). The number of aromatic nitrogens is 4. The molecule has 0 saturated heterocycles. The van der Waals surface area contributed by atoms with E-state index < -0.39 is 9.84 Å². The lowest BCUT2D eigenvalue weighted by Gasteiger charge is -2.05. The number of hydrogen-bond acceptors (Lipinski definition) is 7. The fourth-order valence-electron chi connectivity index (χ4n) is 3.42. The van der Waals surface area contributed by atoms with E-state index in [4.69, 9.17) is 5.73 Å². The summed E-state index contributed by atoms with van der Waals surface area (Å²) in [6.45, 7) is 1.89. The Kier molecular flexibility index (Phi) is 4.67. The first kappa shape index (κ1) is 19.8. The average molecular weight is 443 g/mol. The molecule has 9 heteroatoms. The van der Waals surface area contributed by atoms with Crippen LogP contribution in [0.5, 0.6) is 0 Å². The molecule has 3 heterocycles. The SMILES string of the molecule is Cc1ccc(S(=O)(=O)c2c(N)n(/N=C/c3cccnc3)c3nc4ccccc4nc23)cc1. The maximum absolute atomic E-state index is 13.6. The highest BCUT2D eigenvalue weighted by molar-refractivity contribution is 7.92. The van der Waals surface area contributed by atoms with Gasteiger partial charge in [0.15, 0.2) is 5.65 Å². The summed E-state index contributed by atoms with van der Waals surface area (Å²) < 4.78 is 28.5. The lowest BCUT2D eigenvalue weighted by molar-refractivity contribution is 0.597. The highest BCUT2D eigenvalue weighted by Gasteiger charge is 2.30. The van der Waals surface area contributed by atoms with Crippen LogP contribution in [0.25, 0.3) is 22.2 Å². The number of benzene rings is 2. The molecule has 0 spiro atoms. The first-order chi connectivity index (χ1) is 15.4. The molecule has 5 aromatic rings. The second-order valence-electron chi connectivity index (χ2n) is 7.26. The number of para-hydroxylation sites is 2. The Labute approximate surface area is 184 Å². The second kappa shape index (κ2) is 7.54. The molecule has 3 aromatic heterocycles. The summed E-state index contributed by atoms with van der Waals surface area (Å²) in [4.78, 5) is 13.3. The number of nitrogen functional groups attached to an aromatic ring is 1. The monoisotopic (exact) mass is 442 g/mol. The lowest BCUT2D eigenvalue weighted by Crippen LogP contribution is -2.06. The van der Waals surface area contributed by atoms with Crippen molar-refractivity contribution < 1.29 is 8.42 Å². The third-order valence-corrected chi connectivity index (χ3v) is 6.87. The Morgan fingerprint density at radius 2 is 1.69 bits per heavy atom. The summed E-state index contributed by atoms with van der Waals surface area (Å²) in [7, 11) is -3.98. The number of nitrogens with zero attached hydrogens (tertiary/aromatic N) is 5. The van der Waals surface area contributed by atoms with Gasteiger partial charge < -0.3 is 5.73 Å². The van der Waals surface area contributed by atoms with Gasteiger partial charge in [0, 0.05) is 18.0 Å². The fraction of sp³-hybridized carbons (Fsp3) is 0.0435. The Balaban J connectivity index is 1.81. The Hall–Kier alpha value is -4.11. The van der Waals surface area contributed by atoms with Crippen LogP contribution >= 0.6 is 0 Å². The number of hydrogen-bond donors (Lipinski definition) is 1. The smallest absolute Gasteiger partial charge is 0.212 e. The molecule has 0 amide bonds. The van der Waals surface area contributed by atoms with Crippen LogP contribution in [-0.2, 0) is 9.84 Å². The zero-order valence-corrected chi connectivity index (χ0v) is 17.9. The summed E-state index contributed by atoms with van der Waals surface area (Å²) >= 11 is 0. The van der Waals surface area contributed by atoms with Gasteiger partial charge >= 0.3 is 0 Å². The quantitative estimate of drug-likeness (QED) is 0.425.